The topological polar surface area (TPSA) is 77.8 Å². The Morgan fingerprint density at radius 3 is 2.31 bits per heavy atom. The van der Waals surface area contributed by atoms with Crippen molar-refractivity contribution in [2.24, 2.45) is 5.92 Å². The number of piperidine rings is 1. The molecule has 0 aromatic heterocycles. The Bertz CT molecular complexity index is 259. The first-order valence-electron chi connectivity index (χ1n) is 5.69. The molecule has 0 aliphatic carbocycles. The van der Waals surface area contributed by atoms with Gasteiger partial charge in [0.1, 0.15) is 6.04 Å². The number of carboxylic acids is 2. The highest BCUT2D eigenvalue weighted by Gasteiger charge is 2.28. The van der Waals surface area contributed by atoms with E-state index in [1.807, 2.05) is 4.90 Å². The van der Waals surface area contributed by atoms with E-state index >= 15 is 0 Å². The van der Waals surface area contributed by atoms with Gasteiger partial charge in [0.15, 0.2) is 0 Å². The van der Waals surface area contributed by atoms with Gasteiger partial charge in [0.25, 0.3) is 0 Å². The van der Waals surface area contributed by atoms with Gasteiger partial charge < -0.3 is 10.2 Å². The van der Waals surface area contributed by atoms with Gasteiger partial charge in [-0.2, -0.15) is 0 Å². The first kappa shape index (κ1) is 13.0. The Morgan fingerprint density at radius 2 is 1.88 bits per heavy atom. The summed E-state index contributed by atoms with van der Waals surface area (Å²) in [5.74, 6) is -1.20. The molecule has 0 amide bonds. The maximum atomic E-state index is 11.1. The minimum absolute atomic E-state index is 0.0803. The second kappa shape index (κ2) is 5.84. The number of hydrogen-bond acceptors (Lipinski definition) is 3. The first-order valence-corrected chi connectivity index (χ1v) is 5.69. The van der Waals surface area contributed by atoms with Crippen molar-refractivity contribution in [2.75, 3.05) is 13.1 Å². The fraction of sp³-hybridized carbons (Fsp3) is 0.818. The Kier molecular flexibility index (Phi) is 4.73. The molecule has 2 N–H and O–H groups in total. The van der Waals surface area contributed by atoms with E-state index in [1.54, 1.807) is 0 Å². The summed E-state index contributed by atoms with van der Waals surface area (Å²) in [6.45, 7) is 3.68. The van der Waals surface area contributed by atoms with Crippen LogP contribution >= 0.6 is 0 Å². The van der Waals surface area contributed by atoms with Crippen molar-refractivity contribution in [3.05, 3.63) is 0 Å². The van der Waals surface area contributed by atoms with E-state index in [4.69, 9.17) is 10.2 Å². The number of carbonyl (C=O) groups is 2. The second-order valence-electron chi connectivity index (χ2n) is 4.50. The van der Waals surface area contributed by atoms with Crippen LogP contribution in [0.25, 0.3) is 0 Å². The van der Waals surface area contributed by atoms with E-state index < -0.39 is 18.0 Å². The molecule has 0 spiro atoms. The SMILES string of the molecule is CC1CCN(C(CCC(=O)O)C(=O)O)CC1. The van der Waals surface area contributed by atoms with Gasteiger partial charge in [0.05, 0.1) is 0 Å². The highest BCUT2D eigenvalue weighted by molar-refractivity contribution is 5.75. The molecule has 0 aromatic rings. The fourth-order valence-corrected chi connectivity index (χ4v) is 2.06. The van der Waals surface area contributed by atoms with Crippen LogP contribution in [0, 0.1) is 5.92 Å². The van der Waals surface area contributed by atoms with Crippen LogP contribution in [0.5, 0.6) is 0 Å². The lowest BCUT2D eigenvalue weighted by molar-refractivity contribution is -0.145. The summed E-state index contributed by atoms with van der Waals surface area (Å²) in [4.78, 5) is 23.4. The molecule has 1 rings (SSSR count). The minimum atomic E-state index is -0.934. The van der Waals surface area contributed by atoms with Crippen LogP contribution in [0.2, 0.25) is 0 Å². The molecule has 1 saturated heterocycles. The van der Waals surface area contributed by atoms with Crippen LogP contribution < -0.4 is 0 Å². The molecular weight excluding hydrogens is 210 g/mol. The van der Waals surface area contributed by atoms with Crippen molar-refractivity contribution >= 4 is 11.9 Å². The van der Waals surface area contributed by atoms with Gasteiger partial charge in [-0.05, 0) is 38.3 Å². The number of hydrogen-bond donors (Lipinski definition) is 2. The Balaban J connectivity index is 2.49. The normalized spacial score (nSPS) is 20.6. The van der Waals surface area contributed by atoms with Crippen LogP contribution in [-0.2, 0) is 9.59 Å². The number of nitrogens with zero attached hydrogens (tertiary/aromatic N) is 1. The average molecular weight is 229 g/mol. The van der Waals surface area contributed by atoms with Crippen molar-refractivity contribution in [3.63, 3.8) is 0 Å². The minimum Gasteiger partial charge on any atom is -0.481 e. The quantitative estimate of drug-likeness (QED) is 0.736. The molecule has 0 bridgehead atoms. The third-order valence-electron chi connectivity index (χ3n) is 3.18. The summed E-state index contributed by atoms with van der Waals surface area (Å²) in [6, 6.07) is -0.636. The Labute approximate surface area is 95.1 Å². The van der Waals surface area contributed by atoms with Crippen LogP contribution in [0.1, 0.15) is 32.6 Å². The standard InChI is InChI=1S/C11H19NO4/c1-8-4-6-12(7-5-8)9(11(15)16)2-3-10(13)14/h8-9H,2-7H2,1H3,(H,13,14)(H,15,16). The highest BCUT2D eigenvalue weighted by atomic mass is 16.4. The number of carboxylic acid groups (broad SMARTS) is 2. The largest absolute Gasteiger partial charge is 0.481 e. The number of rotatable bonds is 5. The summed E-state index contributed by atoms with van der Waals surface area (Å²) in [5.41, 5.74) is 0. The molecule has 1 heterocycles. The maximum Gasteiger partial charge on any atom is 0.320 e. The lowest BCUT2D eigenvalue weighted by atomic mass is 9.97. The number of aliphatic carboxylic acids is 2. The van der Waals surface area contributed by atoms with Gasteiger partial charge in [0.2, 0.25) is 0 Å². The van der Waals surface area contributed by atoms with Gasteiger partial charge in [-0.1, -0.05) is 6.92 Å². The van der Waals surface area contributed by atoms with Gasteiger partial charge in [0, 0.05) is 6.42 Å². The summed E-state index contributed by atoms with van der Waals surface area (Å²) in [5, 5.41) is 17.6. The molecular formula is C11H19NO4. The zero-order valence-corrected chi connectivity index (χ0v) is 9.56. The zero-order valence-electron chi connectivity index (χ0n) is 9.56. The summed E-state index contributed by atoms with van der Waals surface area (Å²) >= 11 is 0. The molecule has 1 atom stereocenters. The van der Waals surface area contributed by atoms with E-state index in [2.05, 4.69) is 6.92 Å². The summed E-state index contributed by atoms with van der Waals surface area (Å²) in [6.07, 6.45) is 2.11. The van der Waals surface area contributed by atoms with E-state index in [9.17, 15) is 9.59 Å². The fourth-order valence-electron chi connectivity index (χ4n) is 2.06. The van der Waals surface area contributed by atoms with Gasteiger partial charge in [-0.3, -0.25) is 14.5 Å². The molecule has 0 saturated carbocycles. The smallest absolute Gasteiger partial charge is 0.320 e. The van der Waals surface area contributed by atoms with Crippen molar-refractivity contribution in [1.82, 2.24) is 4.90 Å². The molecule has 16 heavy (non-hydrogen) atoms. The van der Waals surface area contributed by atoms with Crippen LogP contribution in [0.4, 0.5) is 0 Å². The molecule has 0 aromatic carbocycles. The van der Waals surface area contributed by atoms with Gasteiger partial charge >= 0.3 is 11.9 Å². The number of likely N-dealkylation sites (tertiary alicyclic amines) is 1. The Morgan fingerprint density at radius 1 is 1.31 bits per heavy atom. The molecule has 5 nitrogen and oxygen atoms in total. The van der Waals surface area contributed by atoms with Crippen molar-refractivity contribution in [3.8, 4) is 0 Å². The lowest BCUT2D eigenvalue weighted by Crippen LogP contribution is -2.45. The Hall–Kier alpha value is -1.10. The van der Waals surface area contributed by atoms with Crippen molar-refractivity contribution < 1.29 is 19.8 Å². The summed E-state index contributed by atoms with van der Waals surface area (Å²) in [7, 11) is 0. The van der Waals surface area contributed by atoms with Gasteiger partial charge in [-0.15, -0.1) is 0 Å². The van der Waals surface area contributed by atoms with E-state index in [-0.39, 0.29) is 12.8 Å². The van der Waals surface area contributed by atoms with Crippen LogP contribution in [0.3, 0.4) is 0 Å². The first-order chi connectivity index (χ1) is 7.50. The highest BCUT2D eigenvalue weighted by Crippen LogP contribution is 2.20. The van der Waals surface area contributed by atoms with E-state index in [1.165, 1.54) is 0 Å². The molecule has 1 aliphatic rings. The average Bonchev–Trinajstić information content (AvgIpc) is 2.20. The predicted octanol–water partition coefficient (Wildman–Crippen LogP) is 1.04. The molecule has 0 radical (unpaired) electrons. The van der Waals surface area contributed by atoms with Crippen LogP contribution in [0.15, 0.2) is 0 Å². The van der Waals surface area contributed by atoms with Crippen molar-refractivity contribution in [1.29, 1.82) is 0 Å². The van der Waals surface area contributed by atoms with Gasteiger partial charge in [-0.25, -0.2) is 0 Å². The third-order valence-corrected chi connectivity index (χ3v) is 3.18. The molecule has 5 heteroatoms. The third kappa shape index (κ3) is 3.81. The lowest BCUT2D eigenvalue weighted by Gasteiger charge is -2.34. The maximum absolute atomic E-state index is 11.1. The monoisotopic (exact) mass is 229 g/mol. The van der Waals surface area contributed by atoms with E-state index in [0.29, 0.717) is 5.92 Å². The van der Waals surface area contributed by atoms with Crippen molar-refractivity contribution in [2.45, 2.75) is 38.6 Å². The second-order valence-corrected chi connectivity index (χ2v) is 4.50. The summed E-state index contributed by atoms with van der Waals surface area (Å²) < 4.78 is 0. The van der Waals surface area contributed by atoms with Crippen LogP contribution in [-0.4, -0.2) is 46.2 Å². The zero-order chi connectivity index (χ0) is 12.1. The molecule has 1 fully saturated rings. The molecule has 92 valence electrons. The molecule has 1 aliphatic heterocycles. The van der Waals surface area contributed by atoms with E-state index in [0.717, 1.165) is 25.9 Å². The predicted molar refractivity (Wildman–Crippen MR) is 58.3 cm³/mol. The molecule has 1 unspecified atom stereocenters.